The third-order valence-electron chi connectivity index (χ3n) is 6.56. The molecule has 1 aromatic carbocycles. The number of benzene rings is 1. The highest BCUT2D eigenvalue weighted by Crippen LogP contribution is 2.48. The second kappa shape index (κ2) is 10.1. The highest BCUT2D eigenvalue weighted by Gasteiger charge is 2.57. The first kappa shape index (κ1) is 24.2. The average molecular weight is 471 g/mol. The first-order chi connectivity index (χ1) is 16.2. The van der Waals surface area contributed by atoms with Crippen molar-refractivity contribution in [2.24, 2.45) is 5.92 Å². The smallest absolute Gasteiger partial charge is 0.255 e. The van der Waals surface area contributed by atoms with Crippen LogP contribution in [0.3, 0.4) is 0 Å². The molecular weight excluding hydrogens is 438 g/mol. The van der Waals surface area contributed by atoms with Crippen molar-refractivity contribution in [1.29, 1.82) is 0 Å². The maximum Gasteiger partial charge on any atom is 0.255 e. The fraction of sp³-hybridized carbons (Fsp3) is 0.481. The van der Waals surface area contributed by atoms with E-state index in [0.717, 1.165) is 42.1 Å². The number of ether oxygens (including phenoxy) is 2. The van der Waals surface area contributed by atoms with Gasteiger partial charge in [0.1, 0.15) is 29.2 Å². The third kappa shape index (κ3) is 6.13. The number of ketones is 1. The Bertz CT molecular complexity index is 1010. The molecule has 1 saturated carbocycles. The summed E-state index contributed by atoms with van der Waals surface area (Å²) in [5.41, 5.74) is 2.01. The maximum atomic E-state index is 13.0. The van der Waals surface area contributed by atoms with E-state index in [0.29, 0.717) is 18.7 Å². The van der Waals surface area contributed by atoms with Gasteiger partial charge in [-0.15, -0.1) is 6.58 Å². The summed E-state index contributed by atoms with van der Waals surface area (Å²) in [5.74, 6) is -1.07. The number of hydrogen-bond acceptors (Lipinski definition) is 5. The third-order valence-corrected chi connectivity index (χ3v) is 6.56. The second-order valence-corrected chi connectivity index (χ2v) is 9.51. The molecule has 0 bridgehead atoms. The summed E-state index contributed by atoms with van der Waals surface area (Å²) in [6.07, 6.45) is 3.64. The monoisotopic (exact) mass is 470 g/mol. The Balaban J connectivity index is 1.24. The van der Waals surface area contributed by atoms with E-state index in [4.69, 9.17) is 9.47 Å². The minimum atomic E-state index is -2.57. The SMILES string of the molecule is C=C(C)CCC(=O)C(C)c1ccc(O[C@@H]2CCN(c3ccc(OCC4CC4(F)F)cn3)C2)cc1. The zero-order valence-corrected chi connectivity index (χ0v) is 19.8. The van der Waals surface area contributed by atoms with E-state index in [-0.39, 0.29) is 30.8 Å². The number of nitrogens with zero attached hydrogens (tertiary/aromatic N) is 2. The molecule has 7 heteroatoms. The molecule has 2 heterocycles. The lowest BCUT2D eigenvalue weighted by Gasteiger charge is -2.19. The summed E-state index contributed by atoms with van der Waals surface area (Å²) in [6.45, 7) is 9.29. The Kier molecular flexibility index (Phi) is 7.19. The van der Waals surface area contributed by atoms with Crippen LogP contribution in [0.25, 0.3) is 0 Å². The van der Waals surface area contributed by atoms with Gasteiger partial charge in [0.2, 0.25) is 0 Å². The van der Waals surface area contributed by atoms with Gasteiger partial charge in [0.25, 0.3) is 5.92 Å². The molecule has 1 aromatic heterocycles. The number of allylic oxidation sites excluding steroid dienone is 1. The molecule has 2 aromatic rings. The molecule has 1 aliphatic heterocycles. The summed E-state index contributed by atoms with van der Waals surface area (Å²) in [4.78, 5) is 18.9. The molecule has 2 fully saturated rings. The van der Waals surface area contributed by atoms with Crippen LogP contribution in [0, 0.1) is 5.92 Å². The number of aromatic nitrogens is 1. The summed E-state index contributed by atoms with van der Waals surface area (Å²) in [5, 5.41) is 0. The van der Waals surface area contributed by atoms with Crippen molar-refractivity contribution in [2.75, 3.05) is 24.6 Å². The largest absolute Gasteiger partial charge is 0.491 e. The fourth-order valence-electron chi connectivity index (χ4n) is 4.09. The van der Waals surface area contributed by atoms with Gasteiger partial charge >= 0.3 is 0 Å². The van der Waals surface area contributed by atoms with Crippen molar-refractivity contribution >= 4 is 11.6 Å². The van der Waals surface area contributed by atoms with Crippen molar-refractivity contribution in [3.8, 4) is 11.5 Å². The zero-order chi connectivity index (χ0) is 24.3. The van der Waals surface area contributed by atoms with Gasteiger partial charge in [-0.2, -0.15) is 0 Å². The molecule has 2 aliphatic rings. The molecule has 3 atom stereocenters. The van der Waals surface area contributed by atoms with Gasteiger partial charge in [0.15, 0.2) is 0 Å². The molecule has 0 spiro atoms. The first-order valence-electron chi connectivity index (χ1n) is 11.9. The van der Waals surface area contributed by atoms with Crippen LogP contribution >= 0.6 is 0 Å². The highest BCUT2D eigenvalue weighted by atomic mass is 19.3. The molecule has 1 aliphatic carbocycles. The lowest BCUT2D eigenvalue weighted by molar-refractivity contribution is -0.120. The van der Waals surface area contributed by atoms with Crippen molar-refractivity contribution < 1.29 is 23.0 Å². The topological polar surface area (TPSA) is 51.7 Å². The van der Waals surface area contributed by atoms with E-state index in [9.17, 15) is 13.6 Å². The lowest BCUT2D eigenvalue weighted by Crippen LogP contribution is -2.25. The second-order valence-electron chi connectivity index (χ2n) is 9.51. The van der Waals surface area contributed by atoms with E-state index >= 15 is 0 Å². The number of carbonyl (C=O) groups excluding carboxylic acids is 1. The molecule has 2 unspecified atom stereocenters. The number of hydrogen-bond donors (Lipinski definition) is 0. The van der Waals surface area contributed by atoms with Gasteiger partial charge in [-0.3, -0.25) is 4.79 Å². The molecular formula is C27H32F2N2O3. The van der Waals surface area contributed by atoms with Crippen LogP contribution in [0.1, 0.15) is 51.0 Å². The van der Waals surface area contributed by atoms with E-state index in [1.165, 1.54) is 0 Å². The number of carbonyl (C=O) groups is 1. The van der Waals surface area contributed by atoms with Gasteiger partial charge in [-0.05, 0) is 43.2 Å². The van der Waals surface area contributed by atoms with Crippen molar-refractivity contribution in [2.45, 2.75) is 57.5 Å². The average Bonchev–Trinajstić information content (AvgIpc) is 3.19. The fourth-order valence-corrected chi connectivity index (χ4v) is 4.09. The van der Waals surface area contributed by atoms with Crippen LogP contribution < -0.4 is 14.4 Å². The van der Waals surface area contributed by atoms with Crippen molar-refractivity contribution in [3.05, 3.63) is 60.3 Å². The molecule has 1 saturated heterocycles. The number of Topliss-reactive ketones (excluding diaryl/α,β-unsaturated/α-hetero) is 1. The number of rotatable bonds is 11. The first-order valence-corrected chi connectivity index (χ1v) is 11.9. The molecule has 4 rings (SSSR count). The summed E-state index contributed by atoms with van der Waals surface area (Å²) < 4.78 is 37.5. The van der Waals surface area contributed by atoms with Gasteiger partial charge < -0.3 is 14.4 Å². The molecule has 0 amide bonds. The quantitative estimate of drug-likeness (QED) is 0.389. The number of halogens is 2. The Morgan fingerprint density at radius 3 is 2.53 bits per heavy atom. The highest BCUT2D eigenvalue weighted by molar-refractivity contribution is 5.85. The minimum absolute atomic E-state index is 0.0217. The van der Waals surface area contributed by atoms with E-state index < -0.39 is 11.8 Å². The van der Waals surface area contributed by atoms with Crippen LogP contribution in [0.4, 0.5) is 14.6 Å². The van der Waals surface area contributed by atoms with Crippen LogP contribution in [0.2, 0.25) is 0 Å². The standard InChI is InChI=1S/C27H32F2N2O3/c1-18(2)4-10-25(32)19(3)20-5-7-22(8-6-20)34-24-12-13-31(16-24)26-11-9-23(15-30-26)33-17-21-14-27(21,28)29/h5-9,11,15,19,21,24H,1,4,10,12-14,16-17H2,2-3H3/t19?,21?,24-/m1/s1. The Labute approximate surface area is 199 Å². The van der Waals surface area contributed by atoms with Crippen LogP contribution in [0.15, 0.2) is 54.7 Å². The van der Waals surface area contributed by atoms with Crippen molar-refractivity contribution in [1.82, 2.24) is 4.98 Å². The summed E-state index contributed by atoms with van der Waals surface area (Å²) in [7, 11) is 0. The molecule has 182 valence electrons. The lowest BCUT2D eigenvalue weighted by atomic mass is 9.93. The zero-order valence-electron chi connectivity index (χ0n) is 19.8. The van der Waals surface area contributed by atoms with Crippen LogP contribution in [-0.4, -0.2) is 42.5 Å². The Hall–Kier alpha value is -2.96. The molecule has 0 N–H and O–H groups in total. The van der Waals surface area contributed by atoms with Gasteiger partial charge in [0.05, 0.1) is 25.3 Å². The normalized spacial score (nSPS) is 21.7. The van der Waals surface area contributed by atoms with E-state index in [2.05, 4.69) is 16.5 Å². The minimum Gasteiger partial charge on any atom is -0.491 e. The van der Waals surface area contributed by atoms with Gasteiger partial charge in [-0.1, -0.05) is 24.6 Å². The molecule has 0 radical (unpaired) electrons. The number of alkyl halides is 2. The molecule has 5 nitrogen and oxygen atoms in total. The van der Waals surface area contributed by atoms with Crippen molar-refractivity contribution in [3.63, 3.8) is 0 Å². The maximum absolute atomic E-state index is 13.0. The Morgan fingerprint density at radius 2 is 1.91 bits per heavy atom. The van der Waals surface area contributed by atoms with E-state index in [1.54, 1.807) is 12.3 Å². The summed E-state index contributed by atoms with van der Waals surface area (Å²) in [6, 6.07) is 11.4. The van der Waals surface area contributed by atoms with E-state index in [1.807, 2.05) is 44.2 Å². The predicted molar refractivity (Wildman–Crippen MR) is 128 cm³/mol. The van der Waals surface area contributed by atoms with Gasteiger partial charge in [-0.25, -0.2) is 13.8 Å². The van der Waals surface area contributed by atoms with Crippen LogP contribution in [-0.2, 0) is 4.79 Å². The van der Waals surface area contributed by atoms with Crippen LogP contribution in [0.5, 0.6) is 11.5 Å². The van der Waals surface area contributed by atoms with Gasteiger partial charge in [0, 0.05) is 31.7 Å². The Morgan fingerprint density at radius 1 is 1.21 bits per heavy atom. The predicted octanol–water partition coefficient (Wildman–Crippen LogP) is 5.80. The number of pyridine rings is 1. The number of anilines is 1. The summed E-state index contributed by atoms with van der Waals surface area (Å²) >= 11 is 0. The molecule has 34 heavy (non-hydrogen) atoms.